The first-order chi connectivity index (χ1) is 9.84. The zero-order valence-corrected chi connectivity index (χ0v) is 12.0. The lowest BCUT2D eigenvalue weighted by Crippen LogP contribution is -2.20. The van der Waals surface area contributed by atoms with Crippen LogP contribution in [0, 0.1) is 6.92 Å². The summed E-state index contributed by atoms with van der Waals surface area (Å²) in [4.78, 5) is 6.68. The molecule has 0 saturated carbocycles. The van der Waals surface area contributed by atoms with Gasteiger partial charge in [0.15, 0.2) is 0 Å². The van der Waals surface area contributed by atoms with Gasteiger partial charge in [-0.25, -0.2) is 0 Å². The van der Waals surface area contributed by atoms with Crippen molar-refractivity contribution in [1.29, 1.82) is 0 Å². The van der Waals surface area contributed by atoms with E-state index in [-0.39, 0.29) is 0 Å². The predicted octanol–water partition coefficient (Wildman–Crippen LogP) is 3.60. The molecule has 0 atom stereocenters. The first-order valence-electron chi connectivity index (χ1n) is 7.32. The van der Waals surface area contributed by atoms with E-state index in [4.69, 9.17) is 0 Å². The van der Waals surface area contributed by atoms with Crippen LogP contribution >= 0.6 is 0 Å². The second kappa shape index (κ2) is 5.95. The average molecular weight is 267 g/mol. The van der Waals surface area contributed by atoms with Crippen molar-refractivity contribution < 1.29 is 0 Å². The molecule has 1 aliphatic rings. The molecule has 0 unspecified atom stereocenters. The zero-order chi connectivity index (χ0) is 13.8. The normalized spacial score (nSPS) is 14.6. The Labute approximate surface area is 120 Å². The molecular formula is C17H21N3. The number of rotatable bonds is 4. The van der Waals surface area contributed by atoms with Crippen LogP contribution in [0.15, 0.2) is 42.7 Å². The van der Waals surface area contributed by atoms with Crippen molar-refractivity contribution in [3.05, 3.63) is 53.9 Å². The van der Waals surface area contributed by atoms with E-state index in [9.17, 15) is 0 Å². The van der Waals surface area contributed by atoms with Crippen LogP contribution in [0.3, 0.4) is 0 Å². The Balaban J connectivity index is 1.76. The summed E-state index contributed by atoms with van der Waals surface area (Å²) in [5.74, 6) is 0. The van der Waals surface area contributed by atoms with E-state index < -0.39 is 0 Å². The molecule has 1 N–H and O–H groups in total. The van der Waals surface area contributed by atoms with Crippen LogP contribution in [0.4, 0.5) is 11.4 Å². The first-order valence-corrected chi connectivity index (χ1v) is 7.32. The van der Waals surface area contributed by atoms with Crippen molar-refractivity contribution in [3.63, 3.8) is 0 Å². The molecule has 2 aromatic rings. The maximum absolute atomic E-state index is 4.18. The molecule has 3 rings (SSSR count). The molecule has 1 aliphatic heterocycles. The lowest BCUT2D eigenvalue weighted by Gasteiger charge is -2.22. The number of pyridine rings is 1. The number of nitrogens with one attached hydrogen (secondary N) is 1. The van der Waals surface area contributed by atoms with E-state index >= 15 is 0 Å². The SMILES string of the molecule is Cc1ccncc1NCc1ccccc1N1CCCC1. The van der Waals surface area contributed by atoms with Crippen LogP contribution < -0.4 is 10.2 Å². The van der Waals surface area contributed by atoms with Crippen molar-refractivity contribution in [2.75, 3.05) is 23.3 Å². The Bertz CT molecular complexity index is 574. The number of aryl methyl sites for hydroxylation is 1. The van der Waals surface area contributed by atoms with Gasteiger partial charge < -0.3 is 10.2 Å². The third-order valence-electron chi connectivity index (χ3n) is 3.95. The van der Waals surface area contributed by atoms with Crippen LogP contribution in [0.1, 0.15) is 24.0 Å². The minimum atomic E-state index is 0.846. The fourth-order valence-electron chi connectivity index (χ4n) is 2.77. The lowest BCUT2D eigenvalue weighted by atomic mass is 10.1. The summed E-state index contributed by atoms with van der Waals surface area (Å²) < 4.78 is 0. The third-order valence-corrected chi connectivity index (χ3v) is 3.95. The van der Waals surface area contributed by atoms with Crippen LogP contribution in [-0.4, -0.2) is 18.1 Å². The third kappa shape index (κ3) is 2.77. The van der Waals surface area contributed by atoms with Gasteiger partial charge in [-0.3, -0.25) is 4.98 Å². The topological polar surface area (TPSA) is 28.2 Å². The van der Waals surface area contributed by atoms with Gasteiger partial charge in [0.05, 0.1) is 11.9 Å². The zero-order valence-electron chi connectivity index (χ0n) is 12.0. The van der Waals surface area contributed by atoms with E-state index in [0.29, 0.717) is 0 Å². The molecule has 3 heteroatoms. The predicted molar refractivity (Wildman–Crippen MR) is 84.2 cm³/mol. The molecule has 104 valence electrons. The largest absolute Gasteiger partial charge is 0.379 e. The molecule has 0 aliphatic carbocycles. The first kappa shape index (κ1) is 13.0. The number of para-hydroxylation sites is 1. The molecule has 3 nitrogen and oxygen atoms in total. The fourth-order valence-corrected chi connectivity index (χ4v) is 2.77. The summed E-state index contributed by atoms with van der Waals surface area (Å²) in [7, 11) is 0. The second-order valence-corrected chi connectivity index (χ2v) is 5.37. The van der Waals surface area contributed by atoms with Crippen LogP contribution in [0.5, 0.6) is 0 Å². The standard InChI is InChI=1S/C17H21N3/c1-14-8-9-18-13-16(14)19-12-15-6-2-3-7-17(15)20-10-4-5-11-20/h2-3,6-9,13,19H,4-5,10-12H2,1H3. The number of nitrogens with zero attached hydrogens (tertiary/aromatic N) is 2. The molecule has 0 radical (unpaired) electrons. The van der Waals surface area contributed by atoms with Crippen molar-refractivity contribution in [1.82, 2.24) is 4.98 Å². The van der Waals surface area contributed by atoms with Crippen molar-refractivity contribution in [2.24, 2.45) is 0 Å². The highest BCUT2D eigenvalue weighted by atomic mass is 15.1. The number of aromatic nitrogens is 1. The number of hydrogen-bond donors (Lipinski definition) is 1. The molecule has 20 heavy (non-hydrogen) atoms. The fraction of sp³-hybridized carbons (Fsp3) is 0.353. The Morgan fingerprint density at radius 1 is 1.15 bits per heavy atom. The van der Waals surface area contributed by atoms with Gasteiger partial charge in [0.25, 0.3) is 0 Å². The molecule has 0 amide bonds. The monoisotopic (exact) mass is 267 g/mol. The summed E-state index contributed by atoms with van der Waals surface area (Å²) in [6.07, 6.45) is 6.35. The molecule has 1 aromatic heterocycles. The molecule has 1 fully saturated rings. The maximum atomic E-state index is 4.18. The molecule has 0 bridgehead atoms. The van der Waals surface area contributed by atoms with Gasteiger partial charge in [-0.2, -0.15) is 0 Å². The van der Waals surface area contributed by atoms with Gasteiger partial charge in [0.2, 0.25) is 0 Å². The highest BCUT2D eigenvalue weighted by molar-refractivity contribution is 5.56. The molecular weight excluding hydrogens is 246 g/mol. The number of hydrogen-bond acceptors (Lipinski definition) is 3. The van der Waals surface area contributed by atoms with Crippen molar-refractivity contribution >= 4 is 11.4 Å². The van der Waals surface area contributed by atoms with Crippen LogP contribution in [0.25, 0.3) is 0 Å². The van der Waals surface area contributed by atoms with E-state index in [1.54, 1.807) is 0 Å². The minimum Gasteiger partial charge on any atom is -0.379 e. The van der Waals surface area contributed by atoms with E-state index in [0.717, 1.165) is 12.2 Å². The summed E-state index contributed by atoms with van der Waals surface area (Å²) in [6.45, 7) is 5.32. The summed E-state index contributed by atoms with van der Waals surface area (Å²) in [5, 5.41) is 3.50. The van der Waals surface area contributed by atoms with E-state index in [1.807, 2.05) is 18.5 Å². The van der Waals surface area contributed by atoms with Gasteiger partial charge in [0.1, 0.15) is 0 Å². The van der Waals surface area contributed by atoms with E-state index in [1.165, 1.54) is 42.7 Å². The summed E-state index contributed by atoms with van der Waals surface area (Å²) >= 11 is 0. The Kier molecular flexibility index (Phi) is 3.86. The molecule has 1 saturated heterocycles. The lowest BCUT2D eigenvalue weighted by molar-refractivity contribution is 0.949. The Morgan fingerprint density at radius 3 is 2.75 bits per heavy atom. The average Bonchev–Trinajstić information content (AvgIpc) is 3.01. The minimum absolute atomic E-state index is 0.846. The van der Waals surface area contributed by atoms with Crippen LogP contribution in [-0.2, 0) is 6.54 Å². The quantitative estimate of drug-likeness (QED) is 0.917. The van der Waals surface area contributed by atoms with Gasteiger partial charge in [-0.05, 0) is 43.0 Å². The molecule has 0 spiro atoms. The highest BCUT2D eigenvalue weighted by Crippen LogP contribution is 2.25. The molecule has 2 heterocycles. The number of anilines is 2. The highest BCUT2D eigenvalue weighted by Gasteiger charge is 2.15. The van der Waals surface area contributed by atoms with Crippen LogP contribution in [0.2, 0.25) is 0 Å². The van der Waals surface area contributed by atoms with E-state index in [2.05, 4.69) is 46.4 Å². The maximum Gasteiger partial charge on any atom is 0.0559 e. The molecule has 1 aromatic carbocycles. The smallest absolute Gasteiger partial charge is 0.0559 e. The summed E-state index contributed by atoms with van der Waals surface area (Å²) in [6, 6.07) is 10.7. The van der Waals surface area contributed by atoms with Crippen molar-refractivity contribution in [3.8, 4) is 0 Å². The second-order valence-electron chi connectivity index (χ2n) is 5.37. The van der Waals surface area contributed by atoms with Gasteiger partial charge in [-0.15, -0.1) is 0 Å². The number of benzene rings is 1. The van der Waals surface area contributed by atoms with Gasteiger partial charge in [-0.1, -0.05) is 18.2 Å². The Morgan fingerprint density at radius 2 is 1.95 bits per heavy atom. The van der Waals surface area contributed by atoms with Gasteiger partial charge in [0, 0.05) is 31.5 Å². The Hall–Kier alpha value is -2.03. The van der Waals surface area contributed by atoms with Crippen molar-refractivity contribution in [2.45, 2.75) is 26.3 Å². The van der Waals surface area contributed by atoms with Gasteiger partial charge >= 0.3 is 0 Å². The summed E-state index contributed by atoms with van der Waals surface area (Å²) in [5.41, 5.74) is 5.08.